The molecule has 0 saturated carbocycles. The van der Waals surface area contributed by atoms with E-state index in [-0.39, 0.29) is 11.6 Å². The fraction of sp³-hybridized carbons (Fsp3) is 0.333. The molecule has 2 aliphatic heterocycles. The van der Waals surface area contributed by atoms with Gasteiger partial charge in [0, 0.05) is 49.0 Å². The number of nitrogens with zero attached hydrogens (tertiary/aromatic N) is 3. The molecule has 33 heavy (non-hydrogen) atoms. The summed E-state index contributed by atoms with van der Waals surface area (Å²) in [6.07, 6.45) is 0. The summed E-state index contributed by atoms with van der Waals surface area (Å²) in [5.41, 5.74) is 2.66. The number of hydrogen-bond acceptors (Lipinski definition) is 5. The van der Waals surface area contributed by atoms with Gasteiger partial charge in [-0.15, -0.1) is 0 Å². The maximum absolute atomic E-state index is 13.4. The van der Waals surface area contributed by atoms with Crippen molar-refractivity contribution in [1.82, 2.24) is 15.1 Å². The highest BCUT2D eigenvalue weighted by molar-refractivity contribution is 7.80. The van der Waals surface area contributed by atoms with Gasteiger partial charge in [-0.1, -0.05) is 18.2 Å². The van der Waals surface area contributed by atoms with Crippen LogP contribution in [0.4, 0.5) is 5.69 Å². The lowest BCUT2D eigenvalue weighted by atomic mass is 9.88. The number of carbonyl (C=O) groups is 1. The van der Waals surface area contributed by atoms with Gasteiger partial charge in [0.2, 0.25) is 0 Å². The zero-order valence-electron chi connectivity index (χ0n) is 19.0. The molecule has 4 rings (SSSR count). The second kappa shape index (κ2) is 8.47. The second-order valence-electron chi connectivity index (χ2n) is 8.60. The fourth-order valence-electron chi connectivity index (χ4n) is 4.17. The van der Waals surface area contributed by atoms with Gasteiger partial charge in [-0.05, 0) is 50.7 Å². The van der Waals surface area contributed by atoms with Crippen molar-refractivity contribution in [2.45, 2.75) is 32.9 Å². The van der Waals surface area contributed by atoms with E-state index in [4.69, 9.17) is 17.0 Å². The SMILES string of the molecule is CCN(C)C(=S)NCC1=C(N2Cc3ccccc3C2=O)c2cc([N+](=O)[O-])ccc2OC1(C)C. The lowest BCUT2D eigenvalue weighted by Gasteiger charge is -2.39. The van der Waals surface area contributed by atoms with Crippen LogP contribution in [0.25, 0.3) is 5.70 Å². The van der Waals surface area contributed by atoms with Gasteiger partial charge in [0.05, 0.1) is 17.2 Å². The molecular formula is C24H26N4O4S. The van der Waals surface area contributed by atoms with E-state index in [0.29, 0.717) is 40.8 Å². The van der Waals surface area contributed by atoms with E-state index in [1.165, 1.54) is 12.1 Å². The summed E-state index contributed by atoms with van der Waals surface area (Å²) in [7, 11) is 1.90. The highest BCUT2D eigenvalue weighted by Crippen LogP contribution is 2.45. The summed E-state index contributed by atoms with van der Waals surface area (Å²) >= 11 is 5.49. The van der Waals surface area contributed by atoms with Gasteiger partial charge in [0.25, 0.3) is 11.6 Å². The van der Waals surface area contributed by atoms with E-state index in [0.717, 1.165) is 17.7 Å². The molecule has 2 aliphatic rings. The number of rotatable bonds is 5. The molecule has 0 aromatic heterocycles. The quantitative estimate of drug-likeness (QED) is 0.405. The molecule has 0 bridgehead atoms. The Morgan fingerprint density at radius 1 is 1.27 bits per heavy atom. The predicted molar refractivity (Wildman–Crippen MR) is 130 cm³/mol. The summed E-state index contributed by atoms with van der Waals surface area (Å²) < 4.78 is 6.27. The molecule has 0 fully saturated rings. The van der Waals surface area contributed by atoms with Crippen LogP contribution >= 0.6 is 12.2 Å². The minimum atomic E-state index is -0.777. The molecule has 0 spiro atoms. The normalized spacial score (nSPS) is 16.1. The highest BCUT2D eigenvalue weighted by atomic mass is 32.1. The molecule has 0 aliphatic carbocycles. The molecule has 0 radical (unpaired) electrons. The van der Waals surface area contributed by atoms with E-state index in [9.17, 15) is 14.9 Å². The van der Waals surface area contributed by atoms with Gasteiger partial charge in [-0.2, -0.15) is 0 Å². The van der Waals surface area contributed by atoms with Crippen molar-refractivity contribution in [3.8, 4) is 5.75 Å². The van der Waals surface area contributed by atoms with Crippen LogP contribution in [0.5, 0.6) is 5.75 Å². The van der Waals surface area contributed by atoms with Crippen molar-refractivity contribution < 1.29 is 14.5 Å². The topological polar surface area (TPSA) is 88.0 Å². The third-order valence-electron chi connectivity index (χ3n) is 6.14. The number of nitrogens with one attached hydrogen (secondary N) is 1. The Morgan fingerprint density at radius 3 is 2.67 bits per heavy atom. The summed E-state index contributed by atoms with van der Waals surface area (Å²) in [4.78, 5) is 28.1. The largest absolute Gasteiger partial charge is 0.483 e. The first-order valence-corrected chi connectivity index (χ1v) is 11.1. The average Bonchev–Trinajstić information content (AvgIpc) is 3.11. The van der Waals surface area contributed by atoms with Crippen molar-refractivity contribution in [3.63, 3.8) is 0 Å². The second-order valence-corrected chi connectivity index (χ2v) is 8.99. The van der Waals surface area contributed by atoms with Gasteiger partial charge in [0.1, 0.15) is 11.4 Å². The van der Waals surface area contributed by atoms with Crippen molar-refractivity contribution in [2.24, 2.45) is 0 Å². The fourth-order valence-corrected chi connectivity index (χ4v) is 4.37. The molecule has 9 heteroatoms. The summed E-state index contributed by atoms with van der Waals surface area (Å²) in [6, 6.07) is 12.0. The molecule has 1 N–H and O–H groups in total. The molecular weight excluding hydrogens is 440 g/mol. The minimum Gasteiger partial charge on any atom is -0.483 e. The predicted octanol–water partition coefficient (Wildman–Crippen LogP) is 3.96. The minimum absolute atomic E-state index is 0.0627. The first kappa shape index (κ1) is 22.7. The van der Waals surface area contributed by atoms with Crippen molar-refractivity contribution in [2.75, 3.05) is 20.1 Å². The molecule has 172 valence electrons. The maximum atomic E-state index is 13.4. The summed E-state index contributed by atoms with van der Waals surface area (Å²) in [5.74, 6) is 0.364. The Morgan fingerprint density at radius 2 is 2.00 bits per heavy atom. The van der Waals surface area contributed by atoms with Crippen molar-refractivity contribution in [3.05, 3.63) is 74.8 Å². The van der Waals surface area contributed by atoms with Gasteiger partial charge < -0.3 is 19.9 Å². The number of carbonyl (C=O) groups excluding carboxylic acids is 1. The zero-order valence-corrected chi connectivity index (χ0v) is 19.9. The summed E-state index contributed by atoms with van der Waals surface area (Å²) in [5, 5.41) is 15.4. The number of amides is 1. The number of hydrogen-bond donors (Lipinski definition) is 1. The first-order chi connectivity index (χ1) is 15.6. The molecule has 0 atom stereocenters. The third kappa shape index (κ3) is 4.04. The number of nitro benzene ring substituents is 1. The average molecular weight is 467 g/mol. The van der Waals surface area contributed by atoms with Crippen LogP contribution in [0.1, 0.15) is 42.3 Å². The van der Waals surface area contributed by atoms with Crippen molar-refractivity contribution >= 4 is 34.6 Å². The van der Waals surface area contributed by atoms with Gasteiger partial charge in [0.15, 0.2) is 5.11 Å². The van der Waals surface area contributed by atoms with Crippen LogP contribution in [0.3, 0.4) is 0 Å². The summed E-state index contributed by atoms with van der Waals surface area (Å²) in [6.45, 7) is 7.30. The monoisotopic (exact) mass is 466 g/mol. The molecule has 1 amide bonds. The molecule has 0 saturated heterocycles. The van der Waals surface area contributed by atoms with Gasteiger partial charge in [-0.25, -0.2) is 0 Å². The first-order valence-electron chi connectivity index (χ1n) is 10.7. The third-order valence-corrected chi connectivity index (χ3v) is 6.59. The Bertz CT molecular complexity index is 1190. The standard InChI is InChI=1S/C24H26N4O4S/c1-5-26(4)23(33)25-13-19-21(27-14-15-8-6-7-9-17(15)22(27)29)18-12-16(28(30)31)10-11-20(18)32-24(19,2)3/h6-12H,5,13-14H2,1-4H3,(H,25,33). The smallest absolute Gasteiger partial charge is 0.270 e. The Kier molecular flexibility index (Phi) is 5.84. The number of nitro groups is 1. The van der Waals surface area contributed by atoms with E-state index >= 15 is 0 Å². The lowest BCUT2D eigenvalue weighted by Crippen LogP contribution is -2.45. The highest BCUT2D eigenvalue weighted by Gasteiger charge is 2.41. The Hall–Kier alpha value is -3.46. The Balaban J connectivity index is 1.87. The number of fused-ring (bicyclic) bond motifs is 2. The number of thiocarbonyl (C=S) groups is 1. The maximum Gasteiger partial charge on any atom is 0.270 e. The van der Waals surface area contributed by atoms with Crippen LogP contribution in [-0.4, -0.2) is 51.5 Å². The van der Waals surface area contributed by atoms with Crippen LogP contribution in [0, 0.1) is 10.1 Å². The number of ether oxygens (including phenoxy) is 1. The van der Waals surface area contributed by atoms with Crippen molar-refractivity contribution in [1.29, 1.82) is 0 Å². The van der Waals surface area contributed by atoms with Gasteiger partial charge in [-0.3, -0.25) is 14.9 Å². The van der Waals surface area contributed by atoms with Crippen LogP contribution in [0.2, 0.25) is 0 Å². The van der Waals surface area contributed by atoms with Crippen LogP contribution in [0.15, 0.2) is 48.0 Å². The molecule has 2 aromatic carbocycles. The van der Waals surface area contributed by atoms with Crippen LogP contribution in [-0.2, 0) is 6.54 Å². The molecule has 2 heterocycles. The van der Waals surface area contributed by atoms with E-state index in [2.05, 4.69) is 5.32 Å². The van der Waals surface area contributed by atoms with E-state index in [1.54, 1.807) is 17.0 Å². The zero-order chi connectivity index (χ0) is 23.9. The van der Waals surface area contributed by atoms with E-state index < -0.39 is 10.5 Å². The van der Waals surface area contributed by atoms with E-state index in [1.807, 2.05) is 50.9 Å². The number of benzene rings is 2. The lowest BCUT2D eigenvalue weighted by molar-refractivity contribution is -0.384. The Labute approximate surface area is 198 Å². The van der Waals surface area contributed by atoms with Crippen LogP contribution < -0.4 is 10.1 Å². The number of non-ortho nitro benzene ring substituents is 1. The molecule has 0 unspecified atom stereocenters. The molecule has 8 nitrogen and oxygen atoms in total. The molecule has 2 aromatic rings. The van der Waals surface area contributed by atoms with Gasteiger partial charge >= 0.3 is 0 Å².